The highest BCUT2D eigenvalue weighted by molar-refractivity contribution is 7.98. The first-order chi connectivity index (χ1) is 6.24. The van der Waals surface area contributed by atoms with Gasteiger partial charge in [-0.25, -0.2) is 0 Å². The lowest BCUT2D eigenvalue weighted by Crippen LogP contribution is -1.82. The molecule has 68 valence electrons. The van der Waals surface area contributed by atoms with Gasteiger partial charge in [-0.05, 0) is 18.4 Å². The molecule has 0 radical (unpaired) electrons. The summed E-state index contributed by atoms with van der Waals surface area (Å²) in [7, 11) is 0. The minimum atomic E-state index is 0.440. The van der Waals surface area contributed by atoms with Crippen molar-refractivity contribution in [3.8, 4) is 11.8 Å². The molecule has 0 atom stereocenters. The Morgan fingerprint density at radius 3 is 2.54 bits per heavy atom. The van der Waals surface area contributed by atoms with Crippen LogP contribution < -0.4 is 0 Å². The molecule has 0 heterocycles. The van der Waals surface area contributed by atoms with Crippen LogP contribution in [0.3, 0.4) is 0 Å². The van der Waals surface area contributed by atoms with Crippen molar-refractivity contribution in [2.45, 2.75) is 18.7 Å². The van der Waals surface area contributed by atoms with Gasteiger partial charge in [-0.3, -0.25) is 0 Å². The van der Waals surface area contributed by atoms with Crippen LogP contribution in [0.4, 0.5) is 0 Å². The molecular weight excluding hydrogens is 176 g/mol. The minimum Gasteiger partial charge on any atom is -0.128 e. The van der Waals surface area contributed by atoms with Crippen molar-refractivity contribution >= 4 is 11.8 Å². The summed E-state index contributed by atoms with van der Waals surface area (Å²) in [6.07, 6.45) is 2.08. The first kappa shape index (κ1) is 10.2. The van der Waals surface area contributed by atoms with Crippen molar-refractivity contribution in [2.24, 2.45) is 5.92 Å². The van der Waals surface area contributed by atoms with Gasteiger partial charge in [0.15, 0.2) is 0 Å². The molecule has 0 saturated carbocycles. The van der Waals surface area contributed by atoms with E-state index in [-0.39, 0.29) is 0 Å². The van der Waals surface area contributed by atoms with E-state index in [1.807, 2.05) is 12.1 Å². The van der Waals surface area contributed by atoms with Gasteiger partial charge in [0.05, 0.1) is 0 Å². The molecule has 0 unspecified atom stereocenters. The van der Waals surface area contributed by atoms with E-state index in [0.717, 1.165) is 5.56 Å². The Kier molecular flexibility index (Phi) is 3.92. The standard InChI is InChI=1S/C12H14S/c1-10(2)8-9-11-6-4-5-7-12(11)13-3/h4-7,10H,1-3H3. The highest BCUT2D eigenvalue weighted by atomic mass is 32.2. The van der Waals surface area contributed by atoms with Crippen LogP contribution in [-0.2, 0) is 0 Å². The second kappa shape index (κ2) is 4.99. The van der Waals surface area contributed by atoms with Crippen LogP contribution in [0.15, 0.2) is 29.2 Å². The molecule has 0 fully saturated rings. The molecule has 1 aromatic rings. The average molecular weight is 190 g/mol. The summed E-state index contributed by atoms with van der Waals surface area (Å²) in [4.78, 5) is 1.26. The molecule has 0 amide bonds. The van der Waals surface area contributed by atoms with Gasteiger partial charge in [0.1, 0.15) is 0 Å². The van der Waals surface area contributed by atoms with E-state index in [1.165, 1.54) is 4.90 Å². The molecule has 1 heteroatoms. The van der Waals surface area contributed by atoms with Gasteiger partial charge in [0.25, 0.3) is 0 Å². The van der Waals surface area contributed by atoms with Gasteiger partial charge >= 0.3 is 0 Å². The summed E-state index contributed by atoms with van der Waals surface area (Å²) in [6.45, 7) is 4.21. The Morgan fingerprint density at radius 1 is 1.23 bits per heavy atom. The fraction of sp³-hybridized carbons (Fsp3) is 0.333. The van der Waals surface area contributed by atoms with Crippen molar-refractivity contribution in [1.29, 1.82) is 0 Å². The molecule has 0 aromatic heterocycles. The lowest BCUT2D eigenvalue weighted by atomic mass is 10.2. The SMILES string of the molecule is CSc1ccccc1C#CC(C)C. The van der Waals surface area contributed by atoms with Crippen LogP contribution in [0.25, 0.3) is 0 Å². The topological polar surface area (TPSA) is 0 Å². The molecule has 1 aromatic carbocycles. The quantitative estimate of drug-likeness (QED) is 0.483. The predicted molar refractivity (Wildman–Crippen MR) is 59.9 cm³/mol. The van der Waals surface area contributed by atoms with E-state index in [9.17, 15) is 0 Å². The Labute approximate surface area is 84.7 Å². The molecule has 0 N–H and O–H groups in total. The predicted octanol–water partition coefficient (Wildman–Crippen LogP) is 3.42. The molecule has 1 rings (SSSR count). The molecule has 0 aliphatic carbocycles. The van der Waals surface area contributed by atoms with E-state index >= 15 is 0 Å². The molecule has 0 nitrogen and oxygen atoms in total. The van der Waals surface area contributed by atoms with Crippen LogP contribution in [0.2, 0.25) is 0 Å². The molecule has 0 saturated heterocycles. The maximum Gasteiger partial charge on any atom is 0.0381 e. The van der Waals surface area contributed by atoms with E-state index in [1.54, 1.807) is 11.8 Å². The highest BCUT2D eigenvalue weighted by Crippen LogP contribution is 2.18. The second-order valence-electron chi connectivity index (χ2n) is 3.12. The third-order valence-electron chi connectivity index (χ3n) is 1.60. The van der Waals surface area contributed by atoms with E-state index < -0.39 is 0 Å². The van der Waals surface area contributed by atoms with Gasteiger partial charge in [-0.2, -0.15) is 0 Å². The summed E-state index contributed by atoms with van der Waals surface area (Å²) in [5, 5.41) is 0. The first-order valence-corrected chi connectivity index (χ1v) is 5.61. The van der Waals surface area contributed by atoms with E-state index in [0.29, 0.717) is 5.92 Å². The fourth-order valence-electron chi connectivity index (χ4n) is 0.970. The zero-order valence-corrected chi connectivity index (χ0v) is 9.11. The largest absolute Gasteiger partial charge is 0.128 e. The Hall–Kier alpha value is -0.870. The summed E-state index contributed by atoms with van der Waals surface area (Å²) >= 11 is 1.74. The van der Waals surface area contributed by atoms with Gasteiger partial charge in [0.2, 0.25) is 0 Å². The van der Waals surface area contributed by atoms with Crippen LogP contribution >= 0.6 is 11.8 Å². The fourth-order valence-corrected chi connectivity index (χ4v) is 1.52. The smallest absolute Gasteiger partial charge is 0.0381 e. The van der Waals surface area contributed by atoms with Crippen molar-refractivity contribution in [2.75, 3.05) is 6.26 Å². The van der Waals surface area contributed by atoms with Crippen LogP contribution in [0.1, 0.15) is 19.4 Å². The lowest BCUT2D eigenvalue weighted by molar-refractivity contribution is 0.866. The zero-order chi connectivity index (χ0) is 9.68. The molecule has 0 bridgehead atoms. The summed E-state index contributed by atoms with van der Waals surface area (Å²) < 4.78 is 0. The molecule has 13 heavy (non-hydrogen) atoms. The highest BCUT2D eigenvalue weighted by Gasteiger charge is 1.95. The number of hydrogen-bond acceptors (Lipinski definition) is 1. The Bertz CT molecular complexity index is 328. The third-order valence-corrected chi connectivity index (χ3v) is 2.40. The number of thioether (sulfide) groups is 1. The minimum absolute atomic E-state index is 0.440. The maximum absolute atomic E-state index is 3.19. The third kappa shape index (κ3) is 3.16. The second-order valence-corrected chi connectivity index (χ2v) is 3.97. The molecule has 0 aliphatic heterocycles. The van der Waals surface area contributed by atoms with Crippen molar-refractivity contribution in [1.82, 2.24) is 0 Å². The summed E-state index contributed by atoms with van der Waals surface area (Å²) in [5.74, 6) is 6.81. The monoisotopic (exact) mass is 190 g/mol. The molecular formula is C12H14S. The van der Waals surface area contributed by atoms with Crippen molar-refractivity contribution < 1.29 is 0 Å². The molecule has 0 aliphatic rings. The summed E-state index contributed by atoms with van der Waals surface area (Å²) in [5.41, 5.74) is 1.14. The zero-order valence-electron chi connectivity index (χ0n) is 8.29. The first-order valence-electron chi connectivity index (χ1n) is 4.38. The average Bonchev–Trinajstić information content (AvgIpc) is 2.15. The van der Waals surface area contributed by atoms with Gasteiger partial charge in [-0.1, -0.05) is 37.8 Å². The van der Waals surface area contributed by atoms with E-state index in [2.05, 4.69) is 44.1 Å². The van der Waals surface area contributed by atoms with Crippen LogP contribution in [0, 0.1) is 17.8 Å². The van der Waals surface area contributed by atoms with E-state index in [4.69, 9.17) is 0 Å². The summed E-state index contributed by atoms with van der Waals surface area (Å²) in [6, 6.07) is 8.26. The van der Waals surface area contributed by atoms with Gasteiger partial charge in [-0.15, -0.1) is 11.8 Å². The molecule has 0 spiro atoms. The van der Waals surface area contributed by atoms with Gasteiger partial charge < -0.3 is 0 Å². The van der Waals surface area contributed by atoms with Crippen molar-refractivity contribution in [3.05, 3.63) is 29.8 Å². The Balaban J connectivity index is 2.95. The normalized spacial score (nSPS) is 9.54. The van der Waals surface area contributed by atoms with Crippen LogP contribution in [0.5, 0.6) is 0 Å². The number of hydrogen-bond donors (Lipinski definition) is 0. The Morgan fingerprint density at radius 2 is 1.92 bits per heavy atom. The maximum atomic E-state index is 3.19. The lowest BCUT2D eigenvalue weighted by Gasteiger charge is -1.98. The van der Waals surface area contributed by atoms with Gasteiger partial charge in [0, 0.05) is 16.4 Å². The van der Waals surface area contributed by atoms with Crippen molar-refractivity contribution in [3.63, 3.8) is 0 Å². The van der Waals surface area contributed by atoms with Crippen LogP contribution in [-0.4, -0.2) is 6.26 Å². The number of benzene rings is 1. The number of rotatable bonds is 1.